The molecule has 0 aliphatic carbocycles. The minimum atomic E-state index is 0.480. The molecular weight excluding hydrogens is 208 g/mol. The van der Waals surface area contributed by atoms with Crippen molar-refractivity contribution in [2.24, 2.45) is 5.41 Å². The fourth-order valence-electron chi connectivity index (χ4n) is 2.60. The van der Waals surface area contributed by atoms with E-state index in [1.54, 1.807) is 0 Å². The van der Waals surface area contributed by atoms with Gasteiger partial charge in [0.05, 0.1) is 11.4 Å². The van der Waals surface area contributed by atoms with Crippen molar-refractivity contribution < 1.29 is 0 Å². The summed E-state index contributed by atoms with van der Waals surface area (Å²) in [5, 5.41) is 0. The van der Waals surface area contributed by atoms with Gasteiger partial charge in [-0.15, -0.1) is 0 Å². The number of nitrogens with zero attached hydrogens (tertiary/aromatic N) is 1. The van der Waals surface area contributed by atoms with E-state index >= 15 is 0 Å². The van der Waals surface area contributed by atoms with E-state index in [1.807, 2.05) is 0 Å². The lowest BCUT2D eigenvalue weighted by atomic mass is 9.85. The van der Waals surface area contributed by atoms with Crippen LogP contribution in [0.4, 0.5) is 11.4 Å². The molecule has 0 spiro atoms. The van der Waals surface area contributed by atoms with Crippen LogP contribution in [0.3, 0.4) is 0 Å². The maximum absolute atomic E-state index is 6.19. The third-order valence-electron chi connectivity index (χ3n) is 3.98. The van der Waals surface area contributed by atoms with Gasteiger partial charge in [0.15, 0.2) is 0 Å². The van der Waals surface area contributed by atoms with Gasteiger partial charge >= 0.3 is 0 Å². The van der Waals surface area contributed by atoms with Crippen molar-refractivity contribution >= 4 is 11.4 Å². The van der Waals surface area contributed by atoms with Crippen LogP contribution in [0.15, 0.2) is 18.2 Å². The number of hydrogen-bond acceptors (Lipinski definition) is 2. The zero-order valence-electron chi connectivity index (χ0n) is 11.3. The zero-order chi connectivity index (χ0) is 12.5. The fourth-order valence-corrected chi connectivity index (χ4v) is 2.60. The molecule has 0 saturated carbocycles. The van der Waals surface area contributed by atoms with Crippen molar-refractivity contribution in [1.29, 1.82) is 0 Å². The molecule has 2 heteroatoms. The van der Waals surface area contributed by atoms with Gasteiger partial charge in [0.25, 0.3) is 0 Å². The van der Waals surface area contributed by atoms with Crippen LogP contribution >= 0.6 is 0 Å². The van der Waals surface area contributed by atoms with Gasteiger partial charge in [-0.05, 0) is 43.2 Å². The fraction of sp³-hybridized carbons (Fsp3) is 0.600. The van der Waals surface area contributed by atoms with Crippen molar-refractivity contribution in [3.63, 3.8) is 0 Å². The first-order valence-electron chi connectivity index (χ1n) is 6.60. The van der Waals surface area contributed by atoms with Crippen LogP contribution in [-0.2, 0) is 0 Å². The molecular formula is C15H24N2. The number of hydrogen-bond donors (Lipinski definition) is 1. The summed E-state index contributed by atoms with van der Waals surface area (Å²) in [6.45, 7) is 9.09. The molecule has 0 bridgehead atoms. The maximum Gasteiger partial charge on any atom is 0.0602 e. The molecule has 0 aromatic heterocycles. The van der Waals surface area contributed by atoms with E-state index < -0.39 is 0 Å². The first kappa shape index (κ1) is 12.3. The third-order valence-corrected chi connectivity index (χ3v) is 3.98. The molecule has 1 aliphatic heterocycles. The molecule has 17 heavy (non-hydrogen) atoms. The van der Waals surface area contributed by atoms with E-state index in [0.29, 0.717) is 5.41 Å². The monoisotopic (exact) mass is 232 g/mol. The van der Waals surface area contributed by atoms with Crippen molar-refractivity contribution in [2.75, 3.05) is 23.7 Å². The van der Waals surface area contributed by atoms with Gasteiger partial charge in [-0.3, -0.25) is 0 Å². The Morgan fingerprint density at radius 2 is 1.94 bits per heavy atom. The SMILES string of the molecule is Cc1cccc(N2CCCC(C)(C)CC2)c1N. The van der Waals surface area contributed by atoms with Crippen molar-refractivity contribution in [3.8, 4) is 0 Å². The van der Waals surface area contributed by atoms with Gasteiger partial charge in [0.1, 0.15) is 0 Å². The first-order chi connectivity index (χ1) is 7.99. The zero-order valence-corrected chi connectivity index (χ0v) is 11.3. The number of nitrogens with two attached hydrogens (primary N) is 1. The Labute approximate surface area is 105 Å². The van der Waals surface area contributed by atoms with Gasteiger partial charge in [-0.1, -0.05) is 26.0 Å². The summed E-state index contributed by atoms with van der Waals surface area (Å²) in [6, 6.07) is 6.35. The quantitative estimate of drug-likeness (QED) is 0.750. The van der Waals surface area contributed by atoms with Crippen LogP contribution in [-0.4, -0.2) is 13.1 Å². The van der Waals surface area contributed by atoms with E-state index in [2.05, 4.69) is 43.9 Å². The van der Waals surface area contributed by atoms with Crippen LogP contribution in [0.5, 0.6) is 0 Å². The second-order valence-corrected chi connectivity index (χ2v) is 6.01. The molecule has 1 aliphatic rings. The van der Waals surface area contributed by atoms with Gasteiger partial charge in [-0.25, -0.2) is 0 Å². The summed E-state index contributed by atoms with van der Waals surface area (Å²) in [6.07, 6.45) is 3.83. The molecule has 1 aromatic carbocycles. The van der Waals surface area contributed by atoms with E-state index in [4.69, 9.17) is 5.73 Å². The third kappa shape index (κ3) is 2.74. The number of rotatable bonds is 1. The molecule has 2 N–H and O–H groups in total. The minimum absolute atomic E-state index is 0.480. The molecule has 0 radical (unpaired) electrons. The van der Waals surface area contributed by atoms with E-state index in [-0.39, 0.29) is 0 Å². The van der Waals surface area contributed by atoms with Crippen LogP contribution in [0.1, 0.15) is 38.7 Å². The molecule has 2 nitrogen and oxygen atoms in total. The van der Waals surface area contributed by atoms with Crippen molar-refractivity contribution in [2.45, 2.75) is 40.0 Å². The highest BCUT2D eigenvalue weighted by atomic mass is 15.1. The number of aryl methyl sites for hydroxylation is 1. The van der Waals surface area contributed by atoms with Crippen LogP contribution < -0.4 is 10.6 Å². The number of para-hydroxylation sites is 1. The van der Waals surface area contributed by atoms with Gasteiger partial charge in [0.2, 0.25) is 0 Å². The predicted molar refractivity (Wildman–Crippen MR) is 75.4 cm³/mol. The smallest absolute Gasteiger partial charge is 0.0602 e. The average molecular weight is 232 g/mol. The molecule has 94 valence electrons. The standard InChI is InChI=1S/C15H24N2/c1-12-6-4-7-13(14(12)16)17-10-5-8-15(2,3)9-11-17/h4,6-7H,5,8-11,16H2,1-3H3. The minimum Gasteiger partial charge on any atom is -0.397 e. The Bertz CT molecular complexity index is 396. The Hall–Kier alpha value is -1.18. The number of anilines is 2. The van der Waals surface area contributed by atoms with Gasteiger partial charge < -0.3 is 10.6 Å². The normalized spacial score (nSPS) is 20.1. The Morgan fingerprint density at radius 1 is 1.18 bits per heavy atom. The highest BCUT2D eigenvalue weighted by Gasteiger charge is 2.23. The van der Waals surface area contributed by atoms with E-state index in [9.17, 15) is 0 Å². The lowest BCUT2D eigenvalue weighted by molar-refractivity contribution is 0.325. The summed E-state index contributed by atoms with van der Waals surface area (Å²) in [4.78, 5) is 2.46. The number of benzene rings is 1. The largest absolute Gasteiger partial charge is 0.397 e. The lowest BCUT2D eigenvalue weighted by Gasteiger charge is -2.26. The molecule has 1 fully saturated rings. The maximum atomic E-state index is 6.19. The lowest BCUT2D eigenvalue weighted by Crippen LogP contribution is -2.26. The molecule has 0 amide bonds. The predicted octanol–water partition coefficient (Wildman–Crippen LogP) is 3.59. The van der Waals surface area contributed by atoms with Crippen LogP contribution in [0.25, 0.3) is 0 Å². The Kier molecular flexibility index (Phi) is 3.32. The molecule has 0 unspecified atom stereocenters. The topological polar surface area (TPSA) is 29.3 Å². The van der Waals surface area contributed by atoms with Crippen LogP contribution in [0, 0.1) is 12.3 Å². The molecule has 2 rings (SSSR count). The highest BCUT2D eigenvalue weighted by Crippen LogP contribution is 2.34. The van der Waals surface area contributed by atoms with Crippen molar-refractivity contribution in [1.82, 2.24) is 0 Å². The van der Waals surface area contributed by atoms with E-state index in [0.717, 1.165) is 18.8 Å². The van der Waals surface area contributed by atoms with E-state index in [1.165, 1.54) is 30.5 Å². The first-order valence-corrected chi connectivity index (χ1v) is 6.60. The number of nitrogen functional groups attached to an aromatic ring is 1. The molecule has 1 heterocycles. The molecule has 1 aromatic rings. The van der Waals surface area contributed by atoms with Gasteiger partial charge in [0, 0.05) is 13.1 Å². The average Bonchev–Trinajstić information content (AvgIpc) is 2.44. The molecule has 0 atom stereocenters. The summed E-state index contributed by atoms with van der Waals surface area (Å²) in [5.74, 6) is 0. The summed E-state index contributed by atoms with van der Waals surface area (Å²) in [5.41, 5.74) is 10.0. The highest BCUT2D eigenvalue weighted by molar-refractivity contribution is 5.70. The summed E-state index contributed by atoms with van der Waals surface area (Å²) < 4.78 is 0. The second kappa shape index (κ2) is 4.59. The van der Waals surface area contributed by atoms with Gasteiger partial charge in [-0.2, -0.15) is 0 Å². The summed E-state index contributed by atoms with van der Waals surface area (Å²) in [7, 11) is 0. The van der Waals surface area contributed by atoms with Crippen LogP contribution in [0.2, 0.25) is 0 Å². The Balaban J connectivity index is 2.20. The van der Waals surface area contributed by atoms with Crippen molar-refractivity contribution in [3.05, 3.63) is 23.8 Å². The summed E-state index contributed by atoms with van der Waals surface area (Å²) >= 11 is 0. The Morgan fingerprint density at radius 3 is 2.71 bits per heavy atom. The molecule has 1 saturated heterocycles. The second-order valence-electron chi connectivity index (χ2n) is 6.01.